The first-order chi connectivity index (χ1) is 14.2. The molecule has 2 aliphatic heterocycles. The maximum absolute atomic E-state index is 12.8. The number of piperidine rings is 1. The molecule has 1 aromatic carbocycles. The normalized spacial score (nSPS) is 20.5. The van der Waals surface area contributed by atoms with Crippen LogP contribution in [0.4, 0.5) is 5.69 Å². The quantitative estimate of drug-likeness (QED) is 0.855. The lowest BCUT2D eigenvalue weighted by Gasteiger charge is -2.44. The standard InChI is InChI=1S/C22H28N4O3/c1-29-20-9-3-2-7-18(20)25-14-12-24(13-15-25)17-6-5-11-26(16-17)22(28)21-19(27)8-4-10-23-21/h2-4,7-10,17,27H,5-6,11-16H2,1H3/t17-/m0/s1. The first-order valence-electron chi connectivity index (χ1n) is 10.2. The van der Waals surface area contributed by atoms with Crippen molar-refractivity contribution in [3.63, 3.8) is 0 Å². The highest BCUT2D eigenvalue weighted by Gasteiger charge is 2.31. The summed E-state index contributed by atoms with van der Waals surface area (Å²) in [6.07, 6.45) is 3.61. The van der Waals surface area contributed by atoms with Crippen LogP contribution in [0, 0.1) is 0 Å². The molecule has 29 heavy (non-hydrogen) atoms. The van der Waals surface area contributed by atoms with E-state index < -0.39 is 0 Å². The van der Waals surface area contributed by atoms with E-state index in [2.05, 4.69) is 20.9 Å². The molecule has 2 fully saturated rings. The fraction of sp³-hybridized carbons (Fsp3) is 0.455. The second-order valence-corrected chi connectivity index (χ2v) is 7.61. The Bertz CT molecular complexity index is 851. The van der Waals surface area contributed by atoms with Gasteiger partial charge in [0.1, 0.15) is 11.5 Å². The van der Waals surface area contributed by atoms with E-state index in [4.69, 9.17) is 4.74 Å². The van der Waals surface area contributed by atoms with Gasteiger partial charge in [0.2, 0.25) is 0 Å². The SMILES string of the molecule is COc1ccccc1N1CCN([C@H]2CCCN(C(=O)c3ncccc3O)C2)CC1. The van der Waals surface area contributed by atoms with Crippen LogP contribution in [0.15, 0.2) is 42.6 Å². The molecular weight excluding hydrogens is 368 g/mol. The van der Waals surface area contributed by atoms with Crippen LogP contribution < -0.4 is 9.64 Å². The van der Waals surface area contributed by atoms with Crippen molar-refractivity contribution in [2.45, 2.75) is 18.9 Å². The zero-order chi connectivity index (χ0) is 20.2. The summed E-state index contributed by atoms with van der Waals surface area (Å²) < 4.78 is 5.51. The Kier molecular flexibility index (Phi) is 5.85. The predicted molar refractivity (Wildman–Crippen MR) is 112 cm³/mol. The minimum absolute atomic E-state index is 0.0509. The van der Waals surface area contributed by atoms with Gasteiger partial charge in [-0.1, -0.05) is 12.1 Å². The molecule has 0 unspecified atom stereocenters. The van der Waals surface area contributed by atoms with Crippen LogP contribution >= 0.6 is 0 Å². The smallest absolute Gasteiger partial charge is 0.276 e. The number of aromatic hydroxyl groups is 1. The number of likely N-dealkylation sites (tertiary alicyclic amines) is 1. The van der Waals surface area contributed by atoms with Crippen LogP contribution in [0.1, 0.15) is 23.3 Å². The van der Waals surface area contributed by atoms with E-state index in [0.717, 1.165) is 50.5 Å². The minimum atomic E-state index is -0.180. The second kappa shape index (κ2) is 8.69. The number of nitrogens with zero attached hydrogens (tertiary/aromatic N) is 4. The molecule has 0 bridgehead atoms. The number of pyridine rings is 1. The average molecular weight is 396 g/mol. The maximum Gasteiger partial charge on any atom is 0.276 e. The van der Waals surface area contributed by atoms with Gasteiger partial charge in [-0.3, -0.25) is 9.69 Å². The molecule has 7 heteroatoms. The molecule has 0 spiro atoms. The number of amides is 1. The number of hydrogen-bond acceptors (Lipinski definition) is 6. The largest absolute Gasteiger partial charge is 0.505 e. The van der Waals surface area contributed by atoms with Crippen molar-refractivity contribution in [3.05, 3.63) is 48.3 Å². The van der Waals surface area contributed by atoms with E-state index in [1.807, 2.05) is 23.1 Å². The van der Waals surface area contributed by atoms with Gasteiger partial charge in [0.25, 0.3) is 5.91 Å². The van der Waals surface area contributed by atoms with Crippen LogP contribution in [-0.4, -0.2) is 78.2 Å². The van der Waals surface area contributed by atoms with E-state index in [1.54, 1.807) is 19.4 Å². The third-order valence-corrected chi connectivity index (χ3v) is 5.93. The van der Waals surface area contributed by atoms with Gasteiger partial charge in [-0.2, -0.15) is 0 Å². The van der Waals surface area contributed by atoms with Crippen molar-refractivity contribution in [3.8, 4) is 11.5 Å². The fourth-order valence-electron chi connectivity index (χ4n) is 4.37. The molecule has 0 aliphatic carbocycles. The molecule has 1 amide bonds. The first kappa shape index (κ1) is 19.5. The number of methoxy groups -OCH3 is 1. The van der Waals surface area contributed by atoms with Crippen molar-refractivity contribution < 1.29 is 14.6 Å². The van der Waals surface area contributed by atoms with E-state index in [-0.39, 0.29) is 17.4 Å². The maximum atomic E-state index is 12.8. The molecule has 154 valence electrons. The number of carbonyl (C=O) groups is 1. The van der Waals surface area contributed by atoms with Gasteiger partial charge >= 0.3 is 0 Å². The topological polar surface area (TPSA) is 69.1 Å². The Hall–Kier alpha value is -2.80. The highest BCUT2D eigenvalue weighted by atomic mass is 16.5. The highest BCUT2D eigenvalue weighted by Crippen LogP contribution is 2.29. The summed E-state index contributed by atoms with van der Waals surface area (Å²) >= 11 is 0. The molecule has 7 nitrogen and oxygen atoms in total. The number of para-hydroxylation sites is 2. The summed E-state index contributed by atoms with van der Waals surface area (Å²) in [6.45, 7) is 5.19. The Morgan fingerprint density at radius 3 is 2.66 bits per heavy atom. The predicted octanol–water partition coefficient (Wildman–Crippen LogP) is 2.22. The Morgan fingerprint density at radius 1 is 1.10 bits per heavy atom. The lowest BCUT2D eigenvalue weighted by molar-refractivity contribution is 0.0555. The third-order valence-electron chi connectivity index (χ3n) is 5.93. The van der Waals surface area contributed by atoms with E-state index in [9.17, 15) is 9.90 Å². The number of benzene rings is 1. The van der Waals surface area contributed by atoms with Crippen molar-refractivity contribution in [2.75, 3.05) is 51.3 Å². The van der Waals surface area contributed by atoms with Crippen LogP contribution in [0.2, 0.25) is 0 Å². The van der Waals surface area contributed by atoms with Gasteiger partial charge < -0.3 is 19.6 Å². The van der Waals surface area contributed by atoms with Crippen molar-refractivity contribution in [2.24, 2.45) is 0 Å². The van der Waals surface area contributed by atoms with Gasteiger partial charge in [0, 0.05) is 51.5 Å². The van der Waals surface area contributed by atoms with E-state index in [0.29, 0.717) is 19.1 Å². The second-order valence-electron chi connectivity index (χ2n) is 7.61. The van der Waals surface area contributed by atoms with Crippen molar-refractivity contribution >= 4 is 11.6 Å². The highest BCUT2D eigenvalue weighted by molar-refractivity contribution is 5.94. The summed E-state index contributed by atoms with van der Waals surface area (Å²) in [6, 6.07) is 11.6. The molecule has 1 N–H and O–H groups in total. The van der Waals surface area contributed by atoms with Gasteiger partial charge in [-0.15, -0.1) is 0 Å². The summed E-state index contributed by atoms with van der Waals surface area (Å²) in [5, 5.41) is 9.97. The average Bonchev–Trinajstić information content (AvgIpc) is 2.79. The fourth-order valence-corrected chi connectivity index (χ4v) is 4.37. The minimum Gasteiger partial charge on any atom is -0.505 e. The molecule has 2 aromatic rings. The number of anilines is 1. The van der Waals surface area contributed by atoms with Crippen LogP contribution in [0.3, 0.4) is 0 Å². The molecule has 3 heterocycles. The summed E-state index contributed by atoms with van der Waals surface area (Å²) in [7, 11) is 1.71. The summed E-state index contributed by atoms with van der Waals surface area (Å²) in [5.41, 5.74) is 1.29. The number of rotatable bonds is 4. The Morgan fingerprint density at radius 2 is 1.90 bits per heavy atom. The van der Waals surface area contributed by atoms with E-state index >= 15 is 0 Å². The zero-order valence-corrected chi connectivity index (χ0v) is 16.8. The molecular formula is C22H28N4O3. The Labute approximate surface area is 171 Å². The first-order valence-corrected chi connectivity index (χ1v) is 10.2. The van der Waals surface area contributed by atoms with Gasteiger partial charge in [-0.25, -0.2) is 4.98 Å². The number of hydrogen-bond donors (Lipinski definition) is 1. The van der Waals surface area contributed by atoms with E-state index in [1.165, 1.54) is 6.07 Å². The van der Waals surface area contributed by atoms with Crippen molar-refractivity contribution in [1.82, 2.24) is 14.8 Å². The summed E-state index contributed by atoms with van der Waals surface area (Å²) in [5.74, 6) is 0.677. The third kappa shape index (κ3) is 4.15. The van der Waals surface area contributed by atoms with Gasteiger partial charge in [0.15, 0.2) is 5.69 Å². The monoisotopic (exact) mass is 396 g/mol. The number of piperazine rings is 1. The number of ether oxygens (including phenoxy) is 1. The molecule has 1 atom stereocenters. The summed E-state index contributed by atoms with van der Waals surface area (Å²) in [4.78, 5) is 23.6. The van der Waals surface area contributed by atoms with Crippen LogP contribution in [0.25, 0.3) is 0 Å². The molecule has 4 rings (SSSR count). The lowest BCUT2D eigenvalue weighted by atomic mass is 10.0. The molecule has 0 saturated carbocycles. The lowest BCUT2D eigenvalue weighted by Crippen LogP contribution is -2.56. The van der Waals surface area contributed by atoms with Crippen molar-refractivity contribution in [1.29, 1.82) is 0 Å². The number of carbonyl (C=O) groups excluding carboxylic acids is 1. The molecule has 1 aromatic heterocycles. The van der Waals surface area contributed by atoms with Crippen LogP contribution in [0.5, 0.6) is 11.5 Å². The molecule has 2 saturated heterocycles. The van der Waals surface area contributed by atoms with Gasteiger partial charge in [-0.05, 0) is 37.1 Å². The molecule has 0 radical (unpaired) electrons. The molecule has 2 aliphatic rings. The number of aromatic nitrogens is 1. The Balaban J connectivity index is 1.38. The van der Waals surface area contributed by atoms with Gasteiger partial charge in [0.05, 0.1) is 12.8 Å². The van der Waals surface area contributed by atoms with Crippen LogP contribution in [-0.2, 0) is 0 Å². The zero-order valence-electron chi connectivity index (χ0n) is 16.8.